The highest BCUT2D eigenvalue weighted by atomic mass is 16.5. The van der Waals surface area contributed by atoms with Crippen LogP contribution in [-0.2, 0) is 4.79 Å². The standard InChI is InChI=1S/C17H21N3O5/c1-9(21)7-20-8-11-14(16(20)22)15(19-17(23)18-11)10-4-5-12(24-2)13(6-10)25-3/h4-6,9,15,21H,7-8H2,1-3H3,(H2,18,19,23)/t9-,15+/m1/s1. The summed E-state index contributed by atoms with van der Waals surface area (Å²) in [7, 11) is 3.07. The number of carbonyl (C=O) groups excluding carboxylic acids is 2. The van der Waals surface area contributed by atoms with Gasteiger partial charge >= 0.3 is 6.03 Å². The summed E-state index contributed by atoms with van der Waals surface area (Å²) in [5.41, 5.74) is 1.76. The third-order valence-corrected chi connectivity index (χ3v) is 4.25. The van der Waals surface area contributed by atoms with Crippen LogP contribution in [0.15, 0.2) is 29.5 Å². The Morgan fingerprint density at radius 3 is 2.64 bits per heavy atom. The molecule has 8 nitrogen and oxygen atoms in total. The molecule has 0 unspecified atom stereocenters. The number of rotatable bonds is 5. The lowest BCUT2D eigenvalue weighted by Crippen LogP contribution is -2.44. The van der Waals surface area contributed by atoms with Crippen molar-refractivity contribution in [2.75, 3.05) is 27.3 Å². The van der Waals surface area contributed by atoms with Crippen molar-refractivity contribution in [3.8, 4) is 11.5 Å². The van der Waals surface area contributed by atoms with E-state index in [1.165, 1.54) is 12.0 Å². The number of nitrogens with zero attached hydrogens (tertiary/aromatic N) is 1. The quantitative estimate of drug-likeness (QED) is 0.722. The van der Waals surface area contributed by atoms with Gasteiger partial charge in [0.25, 0.3) is 5.91 Å². The van der Waals surface area contributed by atoms with E-state index in [0.29, 0.717) is 28.3 Å². The lowest BCUT2D eigenvalue weighted by molar-refractivity contribution is -0.126. The highest BCUT2D eigenvalue weighted by Crippen LogP contribution is 2.36. The zero-order valence-corrected chi connectivity index (χ0v) is 14.3. The molecular weight excluding hydrogens is 326 g/mol. The Bertz CT molecular complexity index is 744. The molecule has 0 fully saturated rings. The van der Waals surface area contributed by atoms with E-state index < -0.39 is 12.1 Å². The van der Waals surface area contributed by atoms with Gasteiger partial charge in [-0.1, -0.05) is 6.07 Å². The van der Waals surface area contributed by atoms with E-state index in [4.69, 9.17) is 9.47 Å². The van der Waals surface area contributed by atoms with Crippen molar-refractivity contribution in [3.05, 3.63) is 35.0 Å². The van der Waals surface area contributed by atoms with Crippen molar-refractivity contribution in [1.82, 2.24) is 15.5 Å². The van der Waals surface area contributed by atoms with Gasteiger partial charge in [0.2, 0.25) is 0 Å². The Morgan fingerprint density at radius 2 is 2.00 bits per heavy atom. The van der Waals surface area contributed by atoms with Crippen molar-refractivity contribution in [1.29, 1.82) is 0 Å². The molecule has 3 N–H and O–H groups in total. The Hall–Kier alpha value is -2.74. The SMILES string of the molecule is COc1ccc([C@@H]2NC(=O)NC3=C2C(=O)N(C[C@@H](C)O)C3)cc1OC. The van der Waals surface area contributed by atoms with Crippen LogP contribution in [0.2, 0.25) is 0 Å². The number of aliphatic hydroxyl groups excluding tert-OH is 1. The third kappa shape index (κ3) is 3.12. The molecular formula is C17H21N3O5. The summed E-state index contributed by atoms with van der Waals surface area (Å²) in [6.45, 7) is 2.10. The van der Waals surface area contributed by atoms with E-state index in [-0.39, 0.29) is 25.0 Å². The third-order valence-electron chi connectivity index (χ3n) is 4.25. The average molecular weight is 347 g/mol. The molecule has 134 valence electrons. The number of urea groups is 1. The molecule has 8 heteroatoms. The second kappa shape index (κ2) is 6.64. The number of benzene rings is 1. The first-order valence-corrected chi connectivity index (χ1v) is 7.94. The predicted octanol–water partition coefficient (Wildman–Crippen LogP) is 0.535. The summed E-state index contributed by atoms with van der Waals surface area (Å²) < 4.78 is 10.5. The molecule has 2 atom stereocenters. The van der Waals surface area contributed by atoms with Crippen LogP contribution < -0.4 is 20.1 Å². The van der Waals surface area contributed by atoms with Crippen LogP contribution in [-0.4, -0.2) is 55.4 Å². The first-order chi connectivity index (χ1) is 11.9. The van der Waals surface area contributed by atoms with E-state index in [1.807, 2.05) is 0 Å². The van der Waals surface area contributed by atoms with Gasteiger partial charge in [-0.05, 0) is 24.6 Å². The predicted molar refractivity (Wildman–Crippen MR) is 89.2 cm³/mol. The molecule has 1 aromatic carbocycles. The number of methoxy groups -OCH3 is 2. The van der Waals surface area contributed by atoms with E-state index >= 15 is 0 Å². The zero-order chi connectivity index (χ0) is 18.1. The molecule has 2 aliphatic heterocycles. The summed E-state index contributed by atoms with van der Waals surface area (Å²) >= 11 is 0. The van der Waals surface area contributed by atoms with Crippen LogP contribution in [0.25, 0.3) is 0 Å². The highest BCUT2D eigenvalue weighted by Gasteiger charge is 2.40. The number of amides is 3. The van der Waals surface area contributed by atoms with Gasteiger partial charge in [0.1, 0.15) is 0 Å². The highest BCUT2D eigenvalue weighted by molar-refractivity contribution is 6.01. The molecule has 0 bridgehead atoms. The molecule has 0 aliphatic carbocycles. The topological polar surface area (TPSA) is 100 Å². The lowest BCUT2D eigenvalue weighted by atomic mass is 9.96. The summed E-state index contributed by atoms with van der Waals surface area (Å²) in [4.78, 5) is 26.3. The second-order valence-corrected chi connectivity index (χ2v) is 6.07. The molecule has 0 saturated heterocycles. The van der Waals surface area contributed by atoms with Crippen LogP contribution in [0.1, 0.15) is 18.5 Å². The molecule has 0 saturated carbocycles. The lowest BCUT2D eigenvalue weighted by Gasteiger charge is -2.26. The number of β-amino-alcohol motifs (C(OH)–C–C–N with tert-alkyl or cyclic N) is 1. The van der Waals surface area contributed by atoms with E-state index in [0.717, 1.165) is 0 Å². The molecule has 1 aromatic rings. The molecule has 0 radical (unpaired) electrons. The van der Waals surface area contributed by atoms with Gasteiger partial charge in [0.15, 0.2) is 11.5 Å². The van der Waals surface area contributed by atoms with Crippen LogP contribution in [0.5, 0.6) is 11.5 Å². The van der Waals surface area contributed by atoms with Crippen LogP contribution in [0.4, 0.5) is 4.79 Å². The molecule has 2 heterocycles. The van der Waals surface area contributed by atoms with Gasteiger partial charge in [0, 0.05) is 6.54 Å². The van der Waals surface area contributed by atoms with Crippen molar-refractivity contribution in [3.63, 3.8) is 0 Å². The molecule has 3 rings (SSSR count). The normalized spacial score (nSPS) is 20.8. The van der Waals surface area contributed by atoms with Crippen molar-refractivity contribution in [2.24, 2.45) is 0 Å². The van der Waals surface area contributed by atoms with Crippen molar-refractivity contribution in [2.45, 2.75) is 19.1 Å². The van der Waals surface area contributed by atoms with E-state index in [9.17, 15) is 14.7 Å². The van der Waals surface area contributed by atoms with Gasteiger partial charge in [0.05, 0.1) is 44.2 Å². The minimum Gasteiger partial charge on any atom is -0.493 e. The Morgan fingerprint density at radius 1 is 1.28 bits per heavy atom. The Balaban J connectivity index is 1.97. The molecule has 25 heavy (non-hydrogen) atoms. The fourth-order valence-corrected chi connectivity index (χ4v) is 3.18. The fraction of sp³-hybridized carbons (Fsp3) is 0.412. The van der Waals surface area contributed by atoms with Crippen molar-refractivity contribution < 1.29 is 24.2 Å². The van der Waals surface area contributed by atoms with E-state index in [2.05, 4.69) is 10.6 Å². The van der Waals surface area contributed by atoms with Crippen LogP contribution >= 0.6 is 0 Å². The second-order valence-electron chi connectivity index (χ2n) is 6.07. The van der Waals surface area contributed by atoms with E-state index in [1.54, 1.807) is 32.2 Å². The molecule has 2 aliphatic rings. The monoisotopic (exact) mass is 347 g/mol. The van der Waals surface area contributed by atoms with Crippen LogP contribution in [0, 0.1) is 0 Å². The van der Waals surface area contributed by atoms with Gasteiger partial charge < -0.3 is 30.1 Å². The minimum atomic E-state index is -0.645. The molecule has 0 aromatic heterocycles. The average Bonchev–Trinajstić information content (AvgIpc) is 2.88. The number of ether oxygens (including phenoxy) is 2. The number of hydrogen-bond acceptors (Lipinski definition) is 5. The Labute approximate surface area is 145 Å². The largest absolute Gasteiger partial charge is 0.493 e. The first kappa shape index (κ1) is 17.1. The smallest absolute Gasteiger partial charge is 0.319 e. The maximum atomic E-state index is 12.8. The molecule has 0 spiro atoms. The van der Waals surface area contributed by atoms with Gasteiger partial charge in [-0.3, -0.25) is 4.79 Å². The number of carbonyl (C=O) groups is 2. The number of aliphatic hydroxyl groups is 1. The van der Waals surface area contributed by atoms with Crippen LogP contribution in [0.3, 0.4) is 0 Å². The number of hydrogen-bond donors (Lipinski definition) is 3. The summed E-state index contributed by atoms with van der Waals surface area (Å²) in [5, 5.41) is 15.1. The zero-order valence-electron chi connectivity index (χ0n) is 14.3. The van der Waals surface area contributed by atoms with Crippen molar-refractivity contribution >= 4 is 11.9 Å². The van der Waals surface area contributed by atoms with Gasteiger partial charge in [-0.2, -0.15) is 0 Å². The summed E-state index contributed by atoms with van der Waals surface area (Å²) in [6, 6.07) is 4.30. The maximum Gasteiger partial charge on any atom is 0.319 e. The molecule has 3 amide bonds. The maximum absolute atomic E-state index is 12.8. The minimum absolute atomic E-state index is 0.205. The van der Waals surface area contributed by atoms with Gasteiger partial charge in [-0.15, -0.1) is 0 Å². The number of nitrogens with one attached hydrogen (secondary N) is 2. The Kier molecular flexibility index (Phi) is 4.54. The van der Waals surface area contributed by atoms with Gasteiger partial charge in [-0.25, -0.2) is 4.79 Å². The fourth-order valence-electron chi connectivity index (χ4n) is 3.18. The summed E-state index contributed by atoms with van der Waals surface area (Å²) in [5.74, 6) is 0.874. The summed E-state index contributed by atoms with van der Waals surface area (Å²) in [6.07, 6.45) is -0.645. The first-order valence-electron chi connectivity index (χ1n) is 7.94.